The molecule has 0 saturated carbocycles. The summed E-state index contributed by atoms with van der Waals surface area (Å²) in [5.74, 6) is -0.867. The van der Waals surface area contributed by atoms with Gasteiger partial charge in [0, 0.05) is 19.3 Å². The Labute approximate surface area is 423 Å². The Morgan fingerprint density at radius 3 is 0.853 bits per heavy atom. The summed E-state index contributed by atoms with van der Waals surface area (Å²) in [4.78, 5) is 38.2. The van der Waals surface area contributed by atoms with Crippen molar-refractivity contribution in [3.05, 3.63) is 36.5 Å². The summed E-state index contributed by atoms with van der Waals surface area (Å²) < 4.78 is 16.9. The Morgan fingerprint density at radius 2 is 0.529 bits per heavy atom. The maximum atomic E-state index is 12.9. The molecule has 0 aromatic rings. The van der Waals surface area contributed by atoms with Crippen molar-refractivity contribution in [3.8, 4) is 0 Å². The third kappa shape index (κ3) is 54.6. The standard InChI is InChI=1S/C62H114O6/c1-4-7-10-13-16-19-22-25-27-29-31-33-35-37-40-43-46-49-52-55-61(64)67-58-59(57-66-60(63)54-51-48-45-42-39-24-21-18-15-12-9-6-3)68-62(65)56-53-50-47-44-41-38-36-34-32-30-28-26-23-20-17-14-11-8-5-2/h16,18-19,21,25,27,59H,4-15,17,20,22-24,26,28-58H2,1-3H3/b19-16-,21-18-,27-25-. The smallest absolute Gasteiger partial charge is 0.306 e. The van der Waals surface area contributed by atoms with E-state index in [0.717, 1.165) is 70.6 Å². The summed E-state index contributed by atoms with van der Waals surface area (Å²) >= 11 is 0. The Morgan fingerprint density at radius 1 is 0.294 bits per heavy atom. The van der Waals surface area contributed by atoms with Gasteiger partial charge in [-0.25, -0.2) is 0 Å². The monoisotopic (exact) mass is 955 g/mol. The van der Waals surface area contributed by atoms with E-state index in [4.69, 9.17) is 14.2 Å². The maximum Gasteiger partial charge on any atom is 0.306 e. The molecule has 0 rings (SSSR count). The van der Waals surface area contributed by atoms with Crippen LogP contribution in [-0.2, 0) is 28.6 Å². The minimum absolute atomic E-state index is 0.0734. The first kappa shape index (κ1) is 65.6. The van der Waals surface area contributed by atoms with Crippen molar-refractivity contribution in [1.29, 1.82) is 0 Å². The van der Waals surface area contributed by atoms with Crippen LogP contribution in [0.3, 0.4) is 0 Å². The van der Waals surface area contributed by atoms with Crippen molar-refractivity contribution in [1.82, 2.24) is 0 Å². The molecule has 398 valence electrons. The fourth-order valence-electron chi connectivity index (χ4n) is 8.82. The Bertz CT molecular complexity index is 1140. The Balaban J connectivity index is 4.30. The Hall–Kier alpha value is -2.37. The molecule has 0 aliphatic rings. The lowest BCUT2D eigenvalue weighted by Gasteiger charge is -2.18. The van der Waals surface area contributed by atoms with Crippen LogP contribution >= 0.6 is 0 Å². The molecule has 0 spiro atoms. The van der Waals surface area contributed by atoms with E-state index in [2.05, 4.69) is 57.2 Å². The third-order valence-corrected chi connectivity index (χ3v) is 13.4. The van der Waals surface area contributed by atoms with Gasteiger partial charge in [0.1, 0.15) is 13.2 Å². The molecule has 0 bridgehead atoms. The molecule has 0 N–H and O–H groups in total. The first-order valence-corrected chi connectivity index (χ1v) is 30.0. The van der Waals surface area contributed by atoms with E-state index in [9.17, 15) is 14.4 Å². The van der Waals surface area contributed by atoms with E-state index in [1.54, 1.807) is 0 Å². The van der Waals surface area contributed by atoms with Gasteiger partial charge in [-0.15, -0.1) is 0 Å². The number of carbonyl (C=O) groups is 3. The maximum absolute atomic E-state index is 12.9. The van der Waals surface area contributed by atoms with Crippen molar-refractivity contribution in [2.45, 2.75) is 329 Å². The van der Waals surface area contributed by atoms with Crippen molar-refractivity contribution < 1.29 is 28.6 Å². The second-order valence-corrected chi connectivity index (χ2v) is 20.3. The van der Waals surface area contributed by atoms with Crippen molar-refractivity contribution in [2.75, 3.05) is 13.2 Å². The fourth-order valence-corrected chi connectivity index (χ4v) is 8.82. The first-order valence-electron chi connectivity index (χ1n) is 30.0. The van der Waals surface area contributed by atoms with Crippen LogP contribution in [0.2, 0.25) is 0 Å². The molecule has 0 saturated heterocycles. The second-order valence-electron chi connectivity index (χ2n) is 20.3. The first-order chi connectivity index (χ1) is 33.5. The molecule has 68 heavy (non-hydrogen) atoms. The quantitative estimate of drug-likeness (QED) is 0.0262. The summed E-state index contributed by atoms with van der Waals surface area (Å²) in [6, 6.07) is 0. The molecular weight excluding hydrogens is 841 g/mol. The van der Waals surface area contributed by atoms with Gasteiger partial charge in [0.25, 0.3) is 0 Å². The minimum atomic E-state index is -0.774. The topological polar surface area (TPSA) is 78.9 Å². The number of esters is 3. The highest BCUT2D eigenvalue weighted by molar-refractivity contribution is 5.71. The predicted molar refractivity (Wildman–Crippen MR) is 293 cm³/mol. The van der Waals surface area contributed by atoms with Crippen molar-refractivity contribution >= 4 is 17.9 Å². The second kappa shape index (κ2) is 57.2. The van der Waals surface area contributed by atoms with Crippen LogP contribution in [0.4, 0.5) is 0 Å². The van der Waals surface area contributed by atoms with Crippen LogP contribution in [0.25, 0.3) is 0 Å². The molecule has 0 aromatic carbocycles. The van der Waals surface area contributed by atoms with Gasteiger partial charge in [-0.1, -0.05) is 263 Å². The molecule has 1 unspecified atom stereocenters. The van der Waals surface area contributed by atoms with Crippen LogP contribution in [-0.4, -0.2) is 37.2 Å². The lowest BCUT2D eigenvalue weighted by molar-refractivity contribution is -0.167. The zero-order valence-electron chi connectivity index (χ0n) is 45.6. The van der Waals surface area contributed by atoms with Crippen LogP contribution in [0.15, 0.2) is 36.5 Å². The third-order valence-electron chi connectivity index (χ3n) is 13.4. The molecule has 0 fully saturated rings. The van der Waals surface area contributed by atoms with E-state index >= 15 is 0 Å². The molecule has 0 heterocycles. The highest BCUT2D eigenvalue weighted by Crippen LogP contribution is 2.17. The fraction of sp³-hybridized carbons (Fsp3) is 0.855. The zero-order chi connectivity index (χ0) is 49.3. The van der Waals surface area contributed by atoms with Crippen LogP contribution in [0.1, 0.15) is 323 Å². The van der Waals surface area contributed by atoms with E-state index in [1.165, 1.54) is 212 Å². The van der Waals surface area contributed by atoms with Gasteiger partial charge in [0.2, 0.25) is 0 Å². The minimum Gasteiger partial charge on any atom is -0.462 e. The highest BCUT2D eigenvalue weighted by atomic mass is 16.6. The molecule has 6 nitrogen and oxygen atoms in total. The molecule has 6 heteroatoms. The average molecular weight is 956 g/mol. The number of allylic oxidation sites excluding steroid dienone is 6. The zero-order valence-corrected chi connectivity index (χ0v) is 45.6. The molecule has 0 aliphatic carbocycles. The molecule has 0 radical (unpaired) electrons. The number of carbonyl (C=O) groups excluding carboxylic acids is 3. The lowest BCUT2D eigenvalue weighted by Crippen LogP contribution is -2.30. The molecule has 0 aromatic heterocycles. The number of hydrogen-bond acceptors (Lipinski definition) is 6. The Kier molecular flexibility index (Phi) is 55.2. The van der Waals surface area contributed by atoms with Gasteiger partial charge < -0.3 is 14.2 Å². The van der Waals surface area contributed by atoms with Gasteiger partial charge in [-0.2, -0.15) is 0 Å². The summed E-state index contributed by atoms with van der Waals surface area (Å²) in [7, 11) is 0. The highest BCUT2D eigenvalue weighted by Gasteiger charge is 2.19. The summed E-state index contributed by atoms with van der Waals surface area (Å²) in [6.45, 7) is 6.63. The van der Waals surface area contributed by atoms with Crippen LogP contribution < -0.4 is 0 Å². The van der Waals surface area contributed by atoms with E-state index < -0.39 is 6.10 Å². The van der Waals surface area contributed by atoms with E-state index in [-0.39, 0.29) is 31.1 Å². The van der Waals surface area contributed by atoms with E-state index in [1.807, 2.05) is 0 Å². The largest absolute Gasteiger partial charge is 0.462 e. The molecule has 0 aliphatic heterocycles. The number of ether oxygens (including phenoxy) is 3. The summed E-state index contributed by atoms with van der Waals surface area (Å²) in [6.07, 6.45) is 68.5. The van der Waals surface area contributed by atoms with Gasteiger partial charge in [0.15, 0.2) is 6.10 Å². The number of hydrogen-bond donors (Lipinski definition) is 0. The van der Waals surface area contributed by atoms with Gasteiger partial charge in [-0.05, 0) is 77.0 Å². The van der Waals surface area contributed by atoms with Crippen molar-refractivity contribution in [2.24, 2.45) is 0 Å². The average Bonchev–Trinajstić information content (AvgIpc) is 3.34. The number of unbranched alkanes of at least 4 members (excludes halogenated alkanes) is 38. The lowest BCUT2D eigenvalue weighted by atomic mass is 10.0. The van der Waals surface area contributed by atoms with Gasteiger partial charge in [-0.3, -0.25) is 14.4 Å². The SMILES string of the molecule is CCCCC/C=C\C/C=C\CCCCCCCCCCCC(=O)OCC(COC(=O)CCCCCCC/C=C\CCCCC)OC(=O)CCCCCCCCCCCCCCCCCCCCC. The summed E-state index contributed by atoms with van der Waals surface area (Å²) in [5, 5.41) is 0. The normalized spacial score (nSPS) is 12.2. The molecular formula is C62H114O6. The van der Waals surface area contributed by atoms with E-state index in [0.29, 0.717) is 19.3 Å². The summed E-state index contributed by atoms with van der Waals surface area (Å²) in [5.41, 5.74) is 0. The van der Waals surface area contributed by atoms with Crippen LogP contribution in [0.5, 0.6) is 0 Å². The van der Waals surface area contributed by atoms with Gasteiger partial charge >= 0.3 is 17.9 Å². The van der Waals surface area contributed by atoms with Gasteiger partial charge in [0.05, 0.1) is 0 Å². The molecule has 0 amide bonds. The number of rotatable bonds is 55. The predicted octanol–water partition coefficient (Wildman–Crippen LogP) is 20.0. The van der Waals surface area contributed by atoms with Crippen molar-refractivity contribution in [3.63, 3.8) is 0 Å². The van der Waals surface area contributed by atoms with Crippen LogP contribution in [0, 0.1) is 0 Å². The molecule has 1 atom stereocenters.